The van der Waals surface area contributed by atoms with Gasteiger partial charge in [-0.1, -0.05) is 0 Å². The van der Waals surface area contributed by atoms with Crippen molar-refractivity contribution < 1.29 is 14.6 Å². The molecular formula is C7H15NO3. The van der Waals surface area contributed by atoms with Gasteiger partial charge in [-0.3, -0.25) is 4.89 Å². The van der Waals surface area contributed by atoms with Crippen LogP contribution in [0.2, 0.25) is 0 Å². The van der Waals surface area contributed by atoms with Crippen LogP contribution in [-0.2, 0) is 14.6 Å². The first-order valence-corrected chi connectivity index (χ1v) is 3.49. The molecule has 0 unspecified atom stereocenters. The van der Waals surface area contributed by atoms with Gasteiger partial charge in [-0.05, 0) is 27.8 Å². The van der Waals surface area contributed by atoms with Crippen LogP contribution in [0.25, 0.3) is 0 Å². The maximum Gasteiger partial charge on any atom is 0.355 e. The van der Waals surface area contributed by atoms with Crippen molar-refractivity contribution in [2.45, 2.75) is 26.4 Å². The number of carbonyl (C=O) groups is 1. The molecule has 0 saturated carbocycles. The van der Waals surface area contributed by atoms with Gasteiger partial charge >= 0.3 is 5.97 Å². The van der Waals surface area contributed by atoms with Crippen LogP contribution >= 0.6 is 0 Å². The summed E-state index contributed by atoms with van der Waals surface area (Å²) in [5, 5.41) is 2.65. The van der Waals surface area contributed by atoms with E-state index in [9.17, 15) is 4.79 Å². The van der Waals surface area contributed by atoms with Crippen LogP contribution in [-0.4, -0.2) is 25.2 Å². The Morgan fingerprint density at radius 1 is 1.45 bits per heavy atom. The standard InChI is InChI=1S/C7H15NO3/c1-7(2,3)11-10-6(9)5-8-4/h8H,5H2,1-4H3. The third kappa shape index (κ3) is 7.29. The minimum Gasteiger partial charge on any atom is -0.310 e. The minimum atomic E-state index is -0.441. The summed E-state index contributed by atoms with van der Waals surface area (Å²) in [6.45, 7) is 5.58. The van der Waals surface area contributed by atoms with Gasteiger partial charge < -0.3 is 5.32 Å². The van der Waals surface area contributed by atoms with Crippen LogP contribution in [0.4, 0.5) is 0 Å². The molecule has 0 aromatic heterocycles. The molecule has 11 heavy (non-hydrogen) atoms. The molecule has 0 radical (unpaired) electrons. The van der Waals surface area contributed by atoms with Gasteiger partial charge in [-0.25, -0.2) is 4.79 Å². The van der Waals surface area contributed by atoms with Crippen molar-refractivity contribution in [2.75, 3.05) is 13.6 Å². The topological polar surface area (TPSA) is 47.6 Å². The lowest BCUT2D eigenvalue weighted by Gasteiger charge is -2.16. The quantitative estimate of drug-likeness (QED) is 0.483. The number of likely N-dealkylation sites (N-methyl/N-ethyl adjacent to an activating group) is 1. The molecule has 0 aliphatic carbocycles. The van der Waals surface area contributed by atoms with Gasteiger partial charge in [0, 0.05) is 0 Å². The lowest BCUT2D eigenvalue weighted by Crippen LogP contribution is -2.26. The van der Waals surface area contributed by atoms with Crippen LogP contribution < -0.4 is 5.32 Å². The monoisotopic (exact) mass is 161 g/mol. The Kier molecular flexibility index (Phi) is 4.07. The lowest BCUT2D eigenvalue weighted by atomic mass is 10.2. The van der Waals surface area contributed by atoms with Crippen LogP contribution in [0.3, 0.4) is 0 Å². The van der Waals surface area contributed by atoms with Gasteiger partial charge in [-0.15, -0.1) is 0 Å². The number of hydrogen-bond acceptors (Lipinski definition) is 4. The van der Waals surface area contributed by atoms with Gasteiger partial charge in [-0.2, -0.15) is 4.89 Å². The van der Waals surface area contributed by atoms with E-state index in [2.05, 4.69) is 10.2 Å². The van der Waals surface area contributed by atoms with E-state index in [-0.39, 0.29) is 6.54 Å². The summed E-state index contributed by atoms with van der Waals surface area (Å²) in [5.41, 5.74) is -0.441. The van der Waals surface area contributed by atoms with Crippen LogP contribution in [0.15, 0.2) is 0 Å². The molecule has 0 aromatic carbocycles. The largest absolute Gasteiger partial charge is 0.355 e. The average molecular weight is 161 g/mol. The van der Waals surface area contributed by atoms with Crippen molar-refractivity contribution >= 4 is 5.97 Å². The molecule has 1 N–H and O–H groups in total. The van der Waals surface area contributed by atoms with Crippen molar-refractivity contribution in [1.29, 1.82) is 0 Å². The number of nitrogens with one attached hydrogen (secondary N) is 1. The highest BCUT2D eigenvalue weighted by atomic mass is 17.2. The predicted octanol–water partition coefficient (Wildman–Crippen LogP) is 0.479. The zero-order valence-electron chi connectivity index (χ0n) is 7.43. The van der Waals surface area contributed by atoms with Gasteiger partial charge in [0.25, 0.3) is 0 Å². The van der Waals surface area contributed by atoms with Crippen molar-refractivity contribution in [3.05, 3.63) is 0 Å². The molecule has 66 valence electrons. The second kappa shape index (κ2) is 4.31. The van der Waals surface area contributed by atoms with E-state index in [0.717, 1.165) is 0 Å². The van der Waals surface area contributed by atoms with Crippen LogP contribution in [0.1, 0.15) is 20.8 Å². The Labute approximate surface area is 66.8 Å². The Balaban J connectivity index is 3.46. The van der Waals surface area contributed by atoms with Crippen LogP contribution in [0, 0.1) is 0 Å². The molecule has 0 fully saturated rings. The van der Waals surface area contributed by atoms with E-state index in [1.807, 2.05) is 0 Å². The van der Waals surface area contributed by atoms with E-state index in [0.29, 0.717) is 0 Å². The summed E-state index contributed by atoms with van der Waals surface area (Å²) in [5.74, 6) is -0.414. The van der Waals surface area contributed by atoms with E-state index in [1.54, 1.807) is 27.8 Å². The summed E-state index contributed by atoms with van der Waals surface area (Å²) in [6.07, 6.45) is 0. The minimum absolute atomic E-state index is 0.163. The zero-order valence-corrected chi connectivity index (χ0v) is 7.43. The van der Waals surface area contributed by atoms with Gasteiger partial charge in [0.05, 0.1) is 6.54 Å². The number of carbonyl (C=O) groups excluding carboxylic acids is 1. The first kappa shape index (κ1) is 10.4. The highest BCUT2D eigenvalue weighted by molar-refractivity contribution is 5.70. The lowest BCUT2D eigenvalue weighted by molar-refractivity contribution is -0.319. The molecule has 0 aliphatic heterocycles. The van der Waals surface area contributed by atoms with E-state index < -0.39 is 11.6 Å². The summed E-state index contributed by atoms with van der Waals surface area (Å²) in [4.78, 5) is 19.9. The van der Waals surface area contributed by atoms with Crippen molar-refractivity contribution in [1.82, 2.24) is 5.32 Å². The summed E-state index contributed by atoms with van der Waals surface area (Å²) in [6, 6.07) is 0. The van der Waals surface area contributed by atoms with Crippen molar-refractivity contribution in [3.63, 3.8) is 0 Å². The molecule has 0 aromatic rings. The summed E-state index contributed by atoms with van der Waals surface area (Å²) < 4.78 is 0. The first-order valence-electron chi connectivity index (χ1n) is 3.49. The number of hydrogen-bond donors (Lipinski definition) is 1. The molecule has 4 nitrogen and oxygen atoms in total. The molecule has 0 rings (SSSR count). The summed E-state index contributed by atoms with van der Waals surface area (Å²) in [7, 11) is 1.67. The molecule has 0 saturated heterocycles. The Hall–Kier alpha value is -0.610. The molecular weight excluding hydrogens is 146 g/mol. The SMILES string of the molecule is CNCC(=O)OOC(C)(C)C. The second-order valence-corrected chi connectivity index (χ2v) is 3.18. The molecule has 0 spiro atoms. The molecule has 0 heterocycles. The second-order valence-electron chi connectivity index (χ2n) is 3.18. The fourth-order valence-electron chi connectivity index (χ4n) is 0.345. The molecule has 0 atom stereocenters. The Bertz CT molecular complexity index is 128. The molecule has 0 bridgehead atoms. The molecule has 0 aliphatic rings. The third-order valence-corrected chi connectivity index (χ3v) is 0.706. The maximum atomic E-state index is 10.7. The maximum absolute atomic E-state index is 10.7. The Morgan fingerprint density at radius 2 is 2.00 bits per heavy atom. The van der Waals surface area contributed by atoms with Gasteiger partial charge in [0.15, 0.2) is 0 Å². The molecule has 4 heteroatoms. The summed E-state index contributed by atoms with van der Waals surface area (Å²) >= 11 is 0. The fraction of sp³-hybridized carbons (Fsp3) is 0.857. The van der Waals surface area contributed by atoms with Crippen molar-refractivity contribution in [2.24, 2.45) is 0 Å². The smallest absolute Gasteiger partial charge is 0.310 e. The van der Waals surface area contributed by atoms with Gasteiger partial charge in [0.2, 0.25) is 0 Å². The fourth-order valence-corrected chi connectivity index (χ4v) is 0.345. The number of rotatable bonds is 3. The third-order valence-electron chi connectivity index (χ3n) is 0.706. The predicted molar refractivity (Wildman–Crippen MR) is 40.9 cm³/mol. The van der Waals surface area contributed by atoms with E-state index >= 15 is 0 Å². The van der Waals surface area contributed by atoms with E-state index in [4.69, 9.17) is 4.89 Å². The van der Waals surface area contributed by atoms with Crippen LogP contribution in [0.5, 0.6) is 0 Å². The van der Waals surface area contributed by atoms with Crippen molar-refractivity contribution in [3.8, 4) is 0 Å². The average Bonchev–Trinajstić information content (AvgIpc) is 1.83. The molecule has 0 amide bonds. The normalized spacial score (nSPS) is 11.3. The van der Waals surface area contributed by atoms with Gasteiger partial charge in [0.1, 0.15) is 5.60 Å². The zero-order chi connectivity index (χ0) is 8.91. The highest BCUT2D eigenvalue weighted by Crippen LogP contribution is 2.06. The highest BCUT2D eigenvalue weighted by Gasteiger charge is 2.14. The Morgan fingerprint density at radius 3 is 2.36 bits per heavy atom. The first-order chi connectivity index (χ1) is 4.95. The van der Waals surface area contributed by atoms with E-state index in [1.165, 1.54) is 0 Å².